The van der Waals surface area contributed by atoms with E-state index in [1.807, 2.05) is 34.4 Å². The standard InChI is InChI=1S/C42H77IO7Si3/c1-30(35(23-24-43)46-28-32-19-21-34(45-12)22-20-32)25-33(44)26-31(2)39-37(50-53(17,18)42(9,10)11)27-36(49-52(15,16)41(6,7)8)38(48-39)29-47-51(13,14)40(3,4)5/h19-24,30-31,35-39H,25-29H2,1-18H3/b24-23+/t30-,31-,35+,36+,37-,38+,39-/m0/s1. The Kier molecular flexibility index (Phi) is 17.8. The fraction of sp³-hybridized carbons (Fsp3) is 0.786. The van der Waals surface area contributed by atoms with E-state index in [2.05, 4.69) is 138 Å². The minimum absolute atomic E-state index is 0.0126. The third-order valence-electron chi connectivity index (χ3n) is 12.6. The van der Waals surface area contributed by atoms with Gasteiger partial charge in [0.15, 0.2) is 25.0 Å². The van der Waals surface area contributed by atoms with Crippen LogP contribution in [0.3, 0.4) is 0 Å². The molecule has 11 heteroatoms. The molecule has 7 atom stereocenters. The SMILES string of the molecule is COc1ccc(CO[C@H](/C=C/I)[C@@H](C)CC(=O)C[C@H](C)[C@@H]2O[C@H](CO[Si](C)(C)C(C)(C)C)[C@H](O[Si](C)(C)C(C)(C)C)C[C@@H]2O[Si](C)(C)C(C)(C)C)cc1. The molecule has 0 bridgehead atoms. The molecule has 1 aromatic rings. The first-order chi connectivity index (χ1) is 24.0. The molecular formula is C42H77IO7Si3. The second-order valence-corrected chi connectivity index (χ2v) is 35.2. The van der Waals surface area contributed by atoms with Crippen LogP contribution in [0.4, 0.5) is 0 Å². The van der Waals surface area contributed by atoms with Crippen molar-refractivity contribution >= 4 is 53.3 Å². The maximum Gasteiger partial charge on any atom is 0.192 e. The number of ketones is 1. The summed E-state index contributed by atoms with van der Waals surface area (Å²) in [6.07, 6.45) is 2.59. The van der Waals surface area contributed by atoms with Crippen molar-refractivity contribution in [3.8, 4) is 5.75 Å². The zero-order chi connectivity index (χ0) is 40.8. The molecule has 1 fully saturated rings. The summed E-state index contributed by atoms with van der Waals surface area (Å²) >= 11 is 2.23. The van der Waals surface area contributed by atoms with Crippen LogP contribution >= 0.6 is 22.6 Å². The van der Waals surface area contributed by atoms with Crippen LogP contribution in [0, 0.1) is 11.8 Å². The molecule has 2 rings (SSSR count). The highest BCUT2D eigenvalue weighted by Crippen LogP contribution is 2.44. The van der Waals surface area contributed by atoms with Crippen LogP contribution in [0.15, 0.2) is 34.4 Å². The second-order valence-electron chi connectivity index (χ2n) is 20.1. The summed E-state index contributed by atoms with van der Waals surface area (Å²) in [5.41, 5.74) is 1.06. The molecule has 1 aliphatic heterocycles. The van der Waals surface area contributed by atoms with E-state index in [4.69, 9.17) is 27.5 Å². The van der Waals surface area contributed by atoms with Gasteiger partial charge in [0.2, 0.25) is 0 Å². The monoisotopic (exact) mass is 904 g/mol. The number of ether oxygens (including phenoxy) is 3. The van der Waals surface area contributed by atoms with Gasteiger partial charge in [-0.3, -0.25) is 4.79 Å². The largest absolute Gasteiger partial charge is 0.497 e. The number of carbonyl (C=O) groups is 1. The second kappa shape index (κ2) is 19.4. The topological polar surface area (TPSA) is 72.5 Å². The number of halogens is 1. The van der Waals surface area contributed by atoms with Gasteiger partial charge in [-0.2, -0.15) is 0 Å². The number of carbonyl (C=O) groups excluding carboxylic acids is 1. The Morgan fingerprint density at radius 1 is 0.830 bits per heavy atom. The summed E-state index contributed by atoms with van der Waals surface area (Å²) in [4.78, 5) is 13.9. The van der Waals surface area contributed by atoms with Crippen molar-refractivity contribution in [3.05, 3.63) is 40.0 Å². The van der Waals surface area contributed by atoms with E-state index in [1.54, 1.807) is 7.11 Å². The van der Waals surface area contributed by atoms with Crippen LogP contribution in [0.2, 0.25) is 54.4 Å². The summed E-state index contributed by atoms with van der Waals surface area (Å²) in [6, 6.07) is 7.91. The molecule has 306 valence electrons. The third kappa shape index (κ3) is 14.2. The van der Waals surface area contributed by atoms with Gasteiger partial charge < -0.3 is 27.5 Å². The maximum absolute atomic E-state index is 13.9. The van der Waals surface area contributed by atoms with Crippen LogP contribution in [0.1, 0.15) is 101 Å². The van der Waals surface area contributed by atoms with E-state index in [-0.39, 0.29) is 63.3 Å². The molecule has 0 spiro atoms. The zero-order valence-electron chi connectivity index (χ0n) is 36.8. The number of hydrogen-bond donors (Lipinski definition) is 0. The van der Waals surface area contributed by atoms with Crippen molar-refractivity contribution in [1.29, 1.82) is 0 Å². The van der Waals surface area contributed by atoms with Crippen molar-refractivity contribution in [2.75, 3.05) is 13.7 Å². The molecule has 7 nitrogen and oxygen atoms in total. The fourth-order valence-electron chi connectivity index (χ4n) is 5.82. The Morgan fingerprint density at radius 2 is 1.34 bits per heavy atom. The smallest absolute Gasteiger partial charge is 0.192 e. The molecule has 0 saturated carbocycles. The molecule has 1 saturated heterocycles. The van der Waals surface area contributed by atoms with Gasteiger partial charge in [-0.1, -0.05) is 111 Å². The quantitative estimate of drug-likeness (QED) is 0.107. The highest BCUT2D eigenvalue weighted by molar-refractivity contribution is 14.1. The molecule has 0 radical (unpaired) electrons. The summed E-state index contributed by atoms with van der Waals surface area (Å²) in [5, 5.41) is 0.144. The number of hydrogen-bond acceptors (Lipinski definition) is 7. The summed E-state index contributed by atoms with van der Waals surface area (Å²) < 4.78 is 42.1. The molecule has 1 heterocycles. The molecule has 1 aromatic carbocycles. The summed E-state index contributed by atoms with van der Waals surface area (Å²) in [6.45, 7) is 39.6. The molecule has 0 aliphatic carbocycles. The van der Waals surface area contributed by atoms with Crippen molar-refractivity contribution in [2.45, 2.75) is 187 Å². The van der Waals surface area contributed by atoms with E-state index < -0.39 is 25.0 Å². The van der Waals surface area contributed by atoms with Crippen molar-refractivity contribution in [1.82, 2.24) is 0 Å². The van der Waals surface area contributed by atoms with Gasteiger partial charge in [0, 0.05) is 19.3 Å². The van der Waals surface area contributed by atoms with Crippen LogP contribution < -0.4 is 4.74 Å². The maximum atomic E-state index is 13.9. The normalized spacial score (nSPS) is 22.8. The average molecular weight is 905 g/mol. The number of rotatable bonds is 18. The molecule has 0 N–H and O–H groups in total. The zero-order valence-corrected chi connectivity index (χ0v) is 41.9. The van der Waals surface area contributed by atoms with Gasteiger partial charge in [0.1, 0.15) is 17.6 Å². The van der Waals surface area contributed by atoms with Crippen molar-refractivity contribution in [3.63, 3.8) is 0 Å². The Balaban J connectivity index is 2.37. The predicted molar refractivity (Wildman–Crippen MR) is 238 cm³/mol. The highest BCUT2D eigenvalue weighted by Gasteiger charge is 2.50. The van der Waals surface area contributed by atoms with Crippen LogP contribution in [0.5, 0.6) is 5.75 Å². The van der Waals surface area contributed by atoms with Gasteiger partial charge in [-0.05, 0) is 94.1 Å². The third-order valence-corrected chi connectivity index (χ3v) is 26.5. The van der Waals surface area contributed by atoms with Crippen molar-refractivity contribution in [2.24, 2.45) is 11.8 Å². The van der Waals surface area contributed by atoms with Crippen LogP contribution in [-0.4, -0.2) is 75.0 Å². The lowest BCUT2D eigenvalue weighted by molar-refractivity contribution is -0.185. The van der Waals surface area contributed by atoms with Gasteiger partial charge in [0.25, 0.3) is 0 Å². The van der Waals surface area contributed by atoms with Crippen LogP contribution in [0.25, 0.3) is 0 Å². The molecule has 0 unspecified atom stereocenters. The van der Waals surface area contributed by atoms with E-state index in [0.29, 0.717) is 26.1 Å². The predicted octanol–water partition coefficient (Wildman–Crippen LogP) is 12.1. The highest BCUT2D eigenvalue weighted by atomic mass is 127. The van der Waals surface area contributed by atoms with Gasteiger partial charge in [-0.25, -0.2) is 0 Å². The number of Topliss-reactive ketones (excluding diaryl/α,β-unsaturated/α-hetero) is 1. The molecule has 0 aromatic heterocycles. The van der Waals surface area contributed by atoms with Crippen molar-refractivity contribution < 1.29 is 32.3 Å². The Morgan fingerprint density at radius 3 is 1.81 bits per heavy atom. The first kappa shape index (κ1) is 48.8. The number of benzene rings is 1. The van der Waals surface area contributed by atoms with E-state index >= 15 is 0 Å². The lowest BCUT2D eigenvalue weighted by atomic mass is 9.86. The first-order valence-electron chi connectivity index (χ1n) is 19.7. The van der Waals surface area contributed by atoms with E-state index in [0.717, 1.165) is 17.7 Å². The Hall–Kier alpha value is -0.389. The number of methoxy groups -OCH3 is 1. The molecule has 1 aliphatic rings. The lowest BCUT2D eigenvalue weighted by Gasteiger charge is -2.51. The Labute approximate surface area is 341 Å². The minimum Gasteiger partial charge on any atom is -0.497 e. The van der Waals surface area contributed by atoms with Gasteiger partial charge >= 0.3 is 0 Å². The molecule has 0 amide bonds. The Bertz CT molecular complexity index is 1310. The molecule has 53 heavy (non-hydrogen) atoms. The average Bonchev–Trinajstić information content (AvgIpc) is 3.00. The fourth-order valence-corrected chi connectivity index (χ4v) is 9.95. The van der Waals surface area contributed by atoms with Gasteiger partial charge in [-0.15, -0.1) is 0 Å². The lowest BCUT2D eigenvalue weighted by Crippen LogP contribution is -2.60. The van der Waals surface area contributed by atoms with E-state index in [1.165, 1.54) is 0 Å². The van der Waals surface area contributed by atoms with Gasteiger partial charge in [0.05, 0.1) is 44.7 Å². The summed E-state index contributed by atoms with van der Waals surface area (Å²) in [7, 11) is -4.76. The van der Waals surface area contributed by atoms with Crippen LogP contribution in [-0.2, 0) is 34.2 Å². The minimum atomic E-state index is -2.20. The first-order valence-corrected chi connectivity index (χ1v) is 29.7. The summed E-state index contributed by atoms with van der Waals surface area (Å²) in [5.74, 6) is 0.997. The molecular weight excluding hydrogens is 828 g/mol. The van der Waals surface area contributed by atoms with E-state index in [9.17, 15) is 4.79 Å².